The van der Waals surface area contributed by atoms with Crippen LogP contribution in [-0.2, 0) is 0 Å². The smallest absolute Gasteiger partial charge is 0.257 e. The van der Waals surface area contributed by atoms with Crippen LogP contribution in [0.5, 0.6) is 5.75 Å². The third kappa shape index (κ3) is 4.82. The van der Waals surface area contributed by atoms with Crippen LogP contribution in [0.2, 0.25) is 5.02 Å². The molecule has 5 aromatic rings. The predicted octanol–water partition coefficient (Wildman–Crippen LogP) is 6.83. The van der Waals surface area contributed by atoms with Crippen molar-refractivity contribution in [2.24, 2.45) is 0 Å². The number of oxazole rings is 1. The number of ether oxygens (including phenoxy) is 1. The Morgan fingerprint density at radius 2 is 1.83 bits per heavy atom. The molecule has 0 unspecified atom stereocenters. The van der Waals surface area contributed by atoms with E-state index in [0.29, 0.717) is 45.6 Å². The molecule has 0 aliphatic heterocycles. The van der Waals surface area contributed by atoms with Crippen molar-refractivity contribution in [2.45, 2.75) is 6.92 Å². The minimum absolute atomic E-state index is 0.170. The zero-order valence-electron chi connectivity index (χ0n) is 18.7. The highest BCUT2D eigenvalue weighted by Crippen LogP contribution is 2.34. The maximum absolute atomic E-state index is 12.6. The van der Waals surface area contributed by atoms with E-state index in [1.807, 2.05) is 61.5 Å². The number of nitrogens with zero attached hydrogens (tertiary/aromatic N) is 1. The topological polar surface area (TPSA) is 76.4 Å². The number of fused-ring (bicyclic) bond motifs is 2. The summed E-state index contributed by atoms with van der Waals surface area (Å²) in [6.45, 7) is 2.41. The van der Waals surface area contributed by atoms with Gasteiger partial charge in [0.05, 0.1) is 6.61 Å². The molecule has 35 heavy (non-hydrogen) atoms. The lowest BCUT2D eigenvalue weighted by Gasteiger charge is -2.10. The lowest BCUT2D eigenvalue weighted by atomic mass is 10.0. The van der Waals surface area contributed by atoms with Gasteiger partial charge in [0.2, 0.25) is 5.89 Å². The predicted molar refractivity (Wildman–Crippen MR) is 143 cm³/mol. The van der Waals surface area contributed by atoms with E-state index in [1.54, 1.807) is 24.3 Å². The summed E-state index contributed by atoms with van der Waals surface area (Å²) in [7, 11) is 0. The molecule has 0 aliphatic rings. The third-order valence-corrected chi connectivity index (χ3v) is 5.91. The Kier molecular flexibility index (Phi) is 6.35. The van der Waals surface area contributed by atoms with Crippen LogP contribution >= 0.6 is 23.8 Å². The summed E-state index contributed by atoms with van der Waals surface area (Å²) in [6, 6.07) is 24.0. The normalized spacial score (nSPS) is 10.9. The largest absolute Gasteiger partial charge is 0.494 e. The number of rotatable bonds is 5. The van der Waals surface area contributed by atoms with Gasteiger partial charge >= 0.3 is 0 Å². The van der Waals surface area contributed by atoms with Gasteiger partial charge < -0.3 is 14.5 Å². The highest BCUT2D eigenvalue weighted by atomic mass is 35.5. The van der Waals surface area contributed by atoms with Gasteiger partial charge in [-0.25, -0.2) is 4.98 Å². The third-order valence-electron chi connectivity index (χ3n) is 5.38. The molecule has 8 heteroatoms. The number of carbonyl (C=O) groups is 1. The first kappa shape index (κ1) is 22.8. The number of thiocarbonyl (C=S) groups is 1. The number of carbonyl (C=O) groups excluding carboxylic acids is 1. The molecule has 1 amide bonds. The molecule has 6 nitrogen and oxygen atoms in total. The first-order valence-corrected chi connectivity index (χ1v) is 11.7. The quantitative estimate of drug-likeness (QED) is 0.257. The SMILES string of the molecule is CCOc1cccc(C(=O)NC(=S)Nc2ccc3oc(-c4cccc5c(Cl)cccc45)nc3c2)c1. The van der Waals surface area contributed by atoms with Gasteiger partial charge in [-0.3, -0.25) is 10.1 Å². The highest BCUT2D eigenvalue weighted by Gasteiger charge is 2.14. The van der Waals surface area contributed by atoms with Crippen LogP contribution < -0.4 is 15.4 Å². The van der Waals surface area contributed by atoms with E-state index in [2.05, 4.69) is 15.6 Å². The minimum Gasteiger partial charge on any atom is -0.494 e. The maximum atomic E-state index is 12.6. The van der Waals surface area contributed by atoms with Gasteiger partial charge in [-0.05, 0) is 73.1 Å². The van der Waals surface area contributed by atoms with Gasteiger partial charge in [-0.1, -0.05) is 41.9 Å². The van der Waals surface area contributed by atoms with E-state index in [1.165, 1.54) is 0 Å². The van der Waals surface area contributed by atoms with E-state index in [4.69, 9.17) is 33.0 Å². The molecule has 0 bridgehead atoms. The van der Waals surface area contributed by atoms with Gasteiger partial charge in [0, 0.05) is 27.2 Å². The van der Waals surface area contributed by atoms with Crippen LogP contribution in [-0.4, -0.2) is 22.6 Å². The van der Waals surface area contributed by atoms with E-state index in [0.717, 1.165) is 16.3 Å². The van der Waals surface area contributed by atoms with Crippen molar-refractivity contribution in [3.05, 3.63) is 89.4 Å². The van der Waals surface area contributed by atoms with Gasteiger partial charge in [-0.15, -0.1) is 0 Å². The van der Waals surface area contributed by atoms with Crippen molar-refractivity contribution >= 4 is 62.4 Å². The summed E-state index contributed by atoms with van der Waals surface area (Å²) < 4.78 is 11.5. The molecule has 0 fully saturated rings. The average Bonchev–Trinajstić information content (AvgIpc) is 3.27. The summed E-state index contributed by atoms with van der Waals surface area (Å²) in [6.07, 6.45) is 0. The van der Waals surface area contributed by atoms with Crippen LogP contribution in [0.4, 0.5) is 5.69 Å². The van der Waals surface area contributed by atoms with E-state index < -0.39 is 0 Å². The molecule has 1 heterocycles. The van der Waals surface area contributed by atoms with E-state index in [-0.39, 0.29) is 11.0 Å². The van der Waals surface area contributed by atoms with Gasteiger partial charge in [-0.2, -0.15) is 0 Å². The lowest BCUT2D eigenvalue weighted by molar-refractivity contribution is 0.0977. The first-order chi connectivity index (χ1) is 17.0. The number of hydrogen-bond donors (Lipinski definition) is 2. The molecule has 1 aromatic heterocycles. The molecule has 0 aliphatic carbocycles. The molecule has 5 rings (SSSR count). The number of nitrogens with one attached hydrogen (secondary N) is 2. The number of hydrogen-bond acceptors (Lipinski definition) is 5. The summed E-state index contributed by atoms with van der Waals surface area (Å²) in [5, 5.41) is 8.46. The molecule has 0 radical (unpaired) electrons. The zero-order chi connectivity index (χ0) is 24.4. The molecule has 0 saturated carbocycles. The van der Waals surface area contributed by atoms with Gasteiger partial charge in [0.1, 0.15) is 11.3 Å². The number of aromatic nitrogens is 1. The average molecular weight is 502 g/mol. The van der Waals surface area contributed by atoms with Crippen molar-refractivity contribution in [1.29, 1.82) is 0 Å². The molecular weight excluding hydrogens is 482 g/mol. The Bertz CT molecular complexity index is 1580. The second-order valence-electron chi connectivity index (χ2n) is 7.71. The van der Waals surface area contributed by atoms with Crippen LogP contribution in [0.25, 0.3) is 33.3 Å². The number of benzene rings is 4. The molecule has 174 valence electrons. The molecule has 0 saturated heterocycles. The lowest BCUT2D eigenvalue weighted by Crippen LogP contribution is -2.34. The van der Waals surface area contributed by atoms with Crippen molar-refractivity contribution < 1.29 is 13.9 Å². The van der Waals surface area contributed by atoms with Crippen LogP contribution in [0, 0.1) is 0 Å². The standard InChI is InChI=1S/C27H20ClN3O3S/c1-2-33-18-7-3-6-16(14-18)25(32)31-27(35)29-17-12-13-24-23(15-17)30-26(34-24)21-10-4-9-20-19(21)8-5-11-22(20)28/h3-15H,2H2,1H3,(H2,29,31,32,35). The Hall–Kier alpha value is -3.94. The van der Waals surface area contributed by atoms with Crippen LogP contribution in [0.15, 0.2) is 83.3 Å². The van der Waals surface area contributed by atoms with Crippen molar-refractivity contribution in [1.82, 2.24) is 10.3 Å². The fourth-order valence-corrected chi connectivity index (χ4v) is 4.26. The Morgan fingerprint density at radius 1 is 1.03 bits per heavy atom. The minimum atomic E-state index is -0.330. The Morgan fingerprint density at radius 3 is 2.69 bits per heavy atom. The van der Waals surface area contributed by atoms with E-state index >= 15 is 0 Å². The number of amides is 1. The van der Waals surface area contributed by atoms with Gasteiger partial charge in [0.15, 0.2) is 10.7 Å². The summed E-state index contributed by atoms with van der Waals surface area (Å²) in [5.41, 5.74) is 3.26. The number of halogens is 1. The second kappa shape index (κ2) is 9.74. The van der Waals surface area contributed by atoms with E-state index in [9.17, 15) is 4.79 Å². The number of anilines is 1. The van der Waals surface area contributed by atoms with Crippen molar-refractivity contribution in [2.75, 3.05) is 11.9 Å². The van der Waals surface area contributed by atoms with Crippen molar-refractivity contribution in [3.8, 4) is 17.2 Å². The monoisotopic (exact) mass is 501 g/mol. The zero-order valence-corrected chi connectivity index (χ0v) is 20.2. The fraction of sp³-hybridized carbons (Fsp3) is 0.0741. The molecule has 4 aromatic carbocycles. The Balaban J connectivity index is 1.35. The fourth-order valence-electron chi connectivity index (χ4n) is 3.81. The Labute approximate surface area is 211 Å². The second-order valence-corrected chi connectivity index (χ2v) is 8.53. The summed E-state index contributed by atoms with van der Waals surface area (Å²) in [5.74, 6) is 0.790. The molecule has 0 atom stereocenters. The van der Waals surface area contributed by atoms with Crippen molar-refractivity contribution in [3.63, 3.8) is 0 Å². The first-order valence-electron chi connectivity index (χ1n) is 11.0. The molecule has 2 N–H and O–H groups in total. The maximum Gasteiger partial charge on any atom is 0.257 e. The van der Waals surface area contributed by atoms with Gasteiger partial charge in [0.25, 0.3) is 5.91 Å². The molecule has 0 spiro atoms. The summed E-state index contributed by atoms with van der Waals surface area (Å²) >= 11 is 11.7. The summed E-state index contributed by atoms with van der Waals surface area (Å²) in [4.78, 5) is 17.2. The van der Waals surface area contributed by atoms with Crippen LogP contribution in [0.3, 0.4) is 0 Å². The van der Waals surface area contributed by atoms with Crippen LogP contribution in [0.1, 0.15) is 17.3 Å². The highest BCUT2D eigenvalue weighted by molar-refractivity contribution is 7.80. The molecular formula is C27H20ClN3O3S.